The van der Waals surface area contributed by atoms with Crippen LogP contribution in [0, 0.1) is 6.92 Å². The van der Waals surface area contributed by atoms with E-state index >= 15 is 0 Å². The normalized spacial score (nSPS) is 9.50. The van der Waals surface area contributed by atoms with E-state index in [-0.39, 0.29) is 30.7 Å². The van der Waals surface area contributed by atoms with E-state index in [1.807, 2.05) is 13.1 Å². The lowest BCUT2D eigenvalue weighted by Crippen LogP contribution is -2.33. The monoisotopic (exact) mass is 326 g/mol. The number of methoxy groups -OCH3 is 1. The summed E-state index contributed by atoms with van der Waals surface area (Å²) in [6.07, 6.45) is 4.18. The van der Waals surface area contributed by atoms with Gasteiger partial charge < -0.3 is 15.4 Å². The number of aromatic nitrogens is 2. The lowest BCUT2D eigenvalue weighted by Gasteiger charge is -2.06. The summed E-state index contributed by atoms with van der Waals surface area (Å²) in [4.78, 5) is 11.5. The van der Waals surface area contributed by atoms with Crippen molar-refractivity contribution in [3.63, 3.8) is 0 Å². The average Bonchev–Trinajstić information content (AvgIpc) is 2.77. The molecule has 0 radical (unpaired) electrons. The van der Waals surface area contributed by atoms with Crippen molar-refractivity contribution in [2.75, 3.05) is 33.4 Å². The number of aryl methyl sites for hydroxylation is 2. The zero-order valence-electron chi connectivity index (χ0n) is 11.9. The molecule has 1 rings (SSSR count). The Labute approximate surface area is 132 Å². The Morgan fingerprint density at radius 3 is 2.70 bits per heavy atom. The zero-order chi connectivity index (χ0) is 13.2. The molecule has 0 aliphatic rings. The Morgan fingerprint density at radius 2 is 2.10 bits per heavy atom. The van der Waals surface area contributed by atoms with E-state index in [1.54, 1.807) is 18.0 Å². The van der Waals surface area contributed by atoms with Crippen LogP contribution in [0.3, 0.4) is 0 Å². The first-order chi connectivity index (χ1) is 8.72. The second-order valence-corrected chi connectivity index (χ2v) is 4.12. The molecule has 1 amide bonds. The lowest BCUT2D eigenvalue weighted by atomic mass is 10.4. The topological polar surface area (TPSA) is 68.2 Å². The molecule has 20 heavy (non-hydrogen) atoms. The van der Waals surface area contributed by atoms with E-state index in [9.17, 15) is 4.79 Å². The first-order valence-corrected chi connectivity index (χ1v) is 6.18. The van der Waals surface area contributed by atoms with Crippen LogP contribution in [0.4, 0.5) is 0 Å². The van der Waals surface area contributed by atoms with E-state index in [0.717, 1.165) is 18.7 Å². The van der Waals surface area contributed by atoms with Gasteiger partial charge in [0.1, 0.15) is 0 Å². The minimum Gasteiger partial charge on any atom is -0.383 e. The highest BCUT2D eigenvalue weighted by atomic mass is 35.5. The number of nitrogens with zero attached hydrogens (tertiary/aromatic N) is 2. The molecule has 118 valence electrons. The number of rotatable bonds is 9. The molecule has 0 bridgehead atoms. The fourth-order valence-electron chi connectivity index (χ4n) is 1.48. The highest BCUT2D eigenvalue weighted by Gasteiger charge is 2.01. The van der Waals surface area contributed by atoms with Gasteiger partial charge in [-0.25, -0.2) is 0 Å². The highest BCUT2D eigenvalue weighted by molar-refractivity contribution is 5.85. The fourth-order valence-corrected chi connectivity index (χ4v) is 1.48. The predicted octanol–water partition coefficient (Wildman–Crippen LogP) is 0.777. The Kier molecular flexibility index (Phi) is 14.2. The Morgan fingerprint density at radius 1 is 1.35 bits per heavy atom. The van der Waals surface area contributed by atoms with Crippen LogP contribution in [0.25, 0.3) is 0 Å². The molecule has 0 unspecified atom stereocenters. The van der Waals surface area contributed by atoms with Crippen molar-refractivity contribution < 1.29 is 9.53 Å². The van der Waals surface area contributed by atoms with E-state index in [4.69, 9.17) is 4.74 Å². The fraction of sp³-hybridized carbons (Fsp3) is 0.667. The number of carbonyl (C=O) groups is 1. The van der Waals surface area contributed by atoms with Gasteiger partial charge in [0.15, 0.2) is 0 Å². The van der Waals surface area contributed by atoms with Gasteiger partial charge in [-0.1, -0.05) is 0 Å². The molecule has 1 aromatic heterocycles. The summed E-state index contributed by atoms with van der Waals surface area (Å²) in [6, 6.07) is 0. The van der Waals surface area contributed by atoms with Crippen molar-refractivity contribution in [2.24, 2.45) is 0 Å². The van der Waals surface area contributed by atoms with Gasteiger partial charge in [0, 0.05) is 45.9 Å². The molecule has 0 aromatic carbocycles. The van der Waals surface area contributed by atoms with Gasteiger partial charge in [-0.05, 0) is 12.5 Å². The van der Waals surface area contributed by atoms with Crippen molar-refractivity contribution in [3.8, 4) is 0 Å². The van der Waals surface area contributed by atoms with Crippen LogP contribution in [0.2, 0.25) is 0 Å². The van der Waals surface area contributed by atoms with Crippen LogP contribution in [0.1, 0.15) is 12.0 Å². The molecule has 2 N–H and O–H groups in total. The maximum Gasteiger partial charge on any atom is 0.221 e. The number of nitrogens with one attached hydrogen (secondary N) is 2. The van der Waals surface area contributed by atoms with E-state index in [2.05, 4.69) is 15.7 Å². The highest BCUT2D eigenvalue weighted by Crippen LogP contribution is 1.95. The molecule has 1 heterocycles. The first kappa shape index (κ1) is 21.5. The lowest BCUT2D eigenvalue weighted by molar-refractivity contribution is -0.121. The maximum atomic E-state index is 11.5. The summed E-state index contributed by atoms with van der Waals surface area (Å²) >= 11 is 0. The molecular formula is C12H24Cl2N4O2. The second kappa shape index (κ2) is 13.2. The van der Waals surface area contributed by atoms with E-state index < -0.39 is 0 Å². The van der Waals surface area contributed by atoms with Crippen molar-refractivity contribution in [1.82, 2.24) is 20.4 Å². The summed E-state index contributed by atoms with van der Waals surface area (Å²) in [7, 11) is 1.67. The molecule has 0 saturated carbocycles. The summed E-state index contributed by atoms with van der Waals surface area (Å²) in [5.74, 6) is 0.0525. The largest absolute Gasteiger partial charge is 0.383 e. The maximum absolute atomic E-state index is 11.5. The van der Waals surface area contributed by atoms with Crippen molar-refractivity contribution in [2.45, 2.75) is 19.9 Å². The quantitative estimate of drug-likeness (QED) is 0.658. The van der Waals surface area contributed by atoms with Crippen LogP contribution in [-0.2, 0) is 16.1 Å². The van der Waals surface area contributed by atoms with Crippen LogP contribution in [-0.4, -0.2) is 49.0 Å². The number of hydrogen-bond donors (Lipinski definition) is 2. The van der Waals surface area contributed by atoms with Crippen LogP contribution in [0.5, 0.6) is 0 Å². The Bertz CT molecular complexity index is 361. The summed E-state index contributed by atoms with van der Waals surface area (Å²) in [5.41, 5.74) is 1.11. The van der Waals surface area contributed by atoms with Gasteiger partial charge in [-0.15, -0.1) is 24.8 Å². The van der Waals surface area contributed by atoms with Gasteiger partial charge >= 0.3 is 0 Å². The summed E-state index contributed by atoms with van der Waals surface area (Å²) < 4.78 is 6.68. The van der Waals surface area contributed by atoms with Crippen molar-refractivity contribution >= 4 is 30.7 Å². The van der Waals surface area contributed by atoms with Crippen molar-refractivity contribution in [3.05, 3.63) is 18.0 Å². The number of carbonyl (C=O) groups excluding carboxylic acids is 1. The van der Waals surface area contributed by atoms with E-state index in [0.29, 0.717) is 26.1 Å². The molecule has 0 spiro atoms. The minimum absolute atomic E-state index is 0. The standard InChI is InChI=1S/C12H22N4O2.2ClH/c1-11-9-15-16(10-11)7-3-12(17)14-5-4-13-6-8-18-2;;/h9-10,13H,3-8H2,1-2H3,(H,14,17);2*1H. The van der Waals surface area contributed by atoms with Gasteiger partial charge in [0.2, 0.25) is 5.91 Å². The molecular weight excluding hydrogens is 303 g/mol. The number of ether oxygens (including phenoxy) is 1. The molecule has 0 aliphatic heterocycles. The SMILES string of the molecule is COCCNCCNC(=O)CCn1cc(C)cn1.Cl.Cl. The number of hydrogen-bond acceptors (Lipinski definition) is 4. The second-order valence-electron chi connectivity index (χ2n) is 4.12. The predicted molar refractivity (Wildman–Crippen MR) is 83.8 cm³/mol. The number of amides is 1. The summed E-state index contributed by atoms with van der Waals surface area (Å²) in [6.45, 7) is 5.49. The summed E-state index contributed by atoms with van der Waals surface area (Å²) in [5, 5.41) is 10.1. The third-order valence-corrected chi connectivity index (χ3v) is 2.44. The first-order valence-electron chi connectivity index (χ1n) is 6.18. The van der Waals surface area contributed by atoms with Crippen molar-refractivity contribution in [1.29, 1.82) is 0 Å². The van der Waals surface area contributed by atoms with Crippen LogP contribution < -0.4 is 10.6 Å². The molecule has 1 aromatic rings. The molecule has 8 heteroatoms. The smallest absolute Gasteiger partial charge is 0.221 e. The molecule has 0 atom stereocenters. The van der Waals surface area contributed by atoms with Gasteiger partial charge in [0.25, 0.3) is 0 Å². The molecule has 0 saturated heterocycles. The van der Waals surface area contributed by atoms with Crippen LogP contribution in [0.15, 0.2) is 12.4 Å². The van der Waals surface area contributed by atoms with Gasteiger partial charge in [-0.2, -0.15) is 5.10 Å². The third-order valence-electron chi connectivity index (χ3n) is 2.44. The van der Waals surface area contributed by atoms with Gasteiger partial charge in [0.05, 0.1) is 12.8 Å². The minimum atomic E-state index is 0. The van der Waals surface area contributed by atoms with E-state index in [1.165, 1.54) is 0 Å². The average molecular weight is 327 g/mol. The Hall–Kier alpha value is -0.820. The Balaban J connectivity index is 0. The third kappa shape index (κ3) is 10.0. The van der Waals surface area contributed by atoms with Crippen LogP contribution >= 0.6 is 24.8 Å². The molecule has 6 nitrogen and oxygen atoms in total. The molecule has 0 aliphatic carbocycles. The zero-order valence-corrected chi connectivity index (χ0v) is 13.6. The molecule has 0 fully saturated rings. The van der Waals surface area contributed by atoms with Gasteiger partial charge in [-0.3, -0.25) is 9.48 Å². The number of halogens is 2.